The summed E-state index contributed by atoms with van der Waals surface area (Å²) in [7, 11) is 0. The molecule has 21 heavy (non-hydrogen) atoms. The van der Waals surface area contributed by atoms with Crippen LogP contribution < -0.4 is 10.6 Å². The lowest BCUT2D eigenvalue weighted by Crippen LogP contribution is -2.40. The topological polar surface area (TPSA) is 54.0 Å². The summed E-state index contributed by atoms with van der Waals surface area (Å²) in [5.74, 6) is -0.258. The first-order valence-electron chi connectivity index (χ1n) is 6.81. The lowest BCUT2D eigenvalue weighted by atomic mass is 10.0. The Morgan fingerprint density at radius 1 is 1.38 bits per heavy atom. The molecule has 0 unspecified atom stereocenters. The van der Waals surface area contributed by atoms with Crippen LogP contribution in [0.2, 0.25) is 0 Å². The zero-order chi connectivity index (χ0) is 15.3. The number of alkyl halides is 2. The molecule has 1 fully saturated rings. The number of nitrogens with one attached hydrogen (secondary N) is 2. The van der Waals surface area contributed by atoms with E-state index in [1.165, 1.54) is 17.7 Å². The van der Waals surface area contributed by atoms with E-state index in [-0.39, 0.29) is 11.0 Å². The standard InChI is InChI=1S/C13H15Cl2N3OS2/c1-12(6-13(12,14)15)9(19)17-10(20)18-11-16-7-4-2-3-5-8(7)21-11/h2-6H2,1H3,(H2,16,17,18,19,20)/t12-/m1/s1. The van der Waals surface area contributed by atoms with Gasteiger partial charge >= 0.3 is 0 Å². The van der Waals surface area contributed by atoms with E-state index >= 15 is 0 Å². The molecule has 114 valence electrons. The highest BCUT2D eigenvalue weighted by atomic mass is 35.5. The number of aryl methyl sites for hydroxylation is 2. The van der Waals surface area contributed by atoms with Crippen LogP contribution in [0.15, 0.2) is 0 Å². The molecule has 2 aliphatic carbocycles. The molecule has 2 aliphatic rings. The van der Waals surface area contributed by atoms with Crippen molar-refractivity contribution in [2.24, 2.45) is 5.41 Å². The van der Waals surface area contributed by atoms with Gasteiger partial charge in [0.05, 0.1) is 11.1 Å². The third kappa shape index (κ3) is 2.91. The quantitative estimate of drug-likeness (QED) is 0.624. The van der Waals surface area contributed by atoms with Crippen LogP contribution in [0.3, 0.4) is 0 Å². The lowest BCUT2D eigenvalue weighted by Gasteiger charge is -2.13. The molecule has 0 bridgehead atoms. The average Bonchev–Trinajstić information content (AvgIpc) is 2.76. The highest BCUT2D eigenvalue weighted by molar-refractivity contribution is 7.80. The number of rotatable bonds is 2. The monoisotopic (exact) mass is 363 g/mol. The number of hydrogen-bond acceptors (Lipinski definition) is 4. The van der Waals surface area contributed by atoms with Crippen molar-refractivity contribution < 1.29 is 4.79 Å². The van der Waals surface area contributed by atoms with E-state index in [1.54, 1.807) is 18.3 Å². The second kappa shape index (κ2) is 5.33. The van der Waals surface area contributed by atoms with Gasteiger partial charge in [-0.15, -0.1) is 34.5 Å². The zero-order valence-corrected chi connectivity index (χ0v) is 14.6. The van der Waals surface area contributed by atoms with Crippen molar-refractivity contribution in [1.82, 2.24) is 10.3 Å². The largest absolute Gasteiger partial charge is 0.308 e. The summed E-state index contributed by atoms with van der Waals surface area (Å²) in [5.41, 5.74) is 0.377. The number of carbonyl (C=O) groups excluding carboxylic acids is 1. The van der Waals surface area contributed by atoms with Gasteiger partial charge < -0.3 is 10.6 Å². The van der Waals surface area contributed by atoms with Crippen molar-refractivity contribution in [2.75, 3.05) is 5.32 Å². The number of fused-ring (bicyclic) bond motifs is 1. The first kappa shape index (κ1) is 15.5. The van der Waals surface area contributed by atoms with Crippen molar-refractivity contribution in [3.63, 3.8) is 0 Å². The van der Waals surface area contributed by atoms with Gasteiger partial charge in [0, 0.05) is 4.88 Å². The third-order valence-electron chi connectivity index (χ3n) is 4.05. The highest BCUT2D eigenvalue weighted by Gasteiger charge is 2.68. The predicted octanol–water partition coefficient (Wildman–Crippen LogP) is 3.42. The third-order valence-corrected chi connectivity index (χ3v) is 6.43. The number of halogens is 2. The van der Waals surface area contributed by atoms with Crippen molar-refractivity contribution in [2.45, 2.75) is 43.4 Å². The summed E-state index contributed by atoms with van der Waals surface area (Å²) in [6.45, 7) is 1.73. The molecule has 0 aliphatic heterocycles. The van der Waals surface area contributed by atoms with Gasteiger partial charge in [-0.1, -0.05) is 0 Å². The summed E-state index contributed by atoms with van der Waals surface area (Å²) in [5, 5.41) is 6.60. The van der Waals surface area contributed by atoms with Gasteiger partial charge in [-0.25, -0.2) is 4.98 Å². The summed E-state index contributed by atoms with van der Waals surface area (Å²) < 4.78 is -0.993. The fourth-order valence-corrected chi connectivity index (χ4v) is 4.44. The Morgan fingerprint density at radius 3 is 2.67 bits per heavy atom. The molecule has 1 saturated carbocycles. The van der Waals surface area contributed by atoms with Crippen LogP contribution in [0.5, 0.6) is 0 Å². The van der Waals surface area contributed by atoms with E-state index in [1.807, 2.05) is 0 Å². The van der Waals surface area contributed by atoms with Gasteiger partial charge in [-0.3, -0.25) is 4.79 Å². The van der Waals surface area contributed by atoms with Gasteiger partial charge in [0.15, 0.2) is 10.2 Å². The molecule has 1 heterocycles. The maximum atomic E-state index is 12.1. The predicted molar refractivity (Wildman–Crippen MR) is 90.3 cm³/mol. The first-order chi connectivity index (χ1) is 9.82. The summed E-state index contributed by atoms with van der Waals surface area (Å²) in [4.78, 5) is 17.9. The number of hydrogen-bond donors (Lipinski definition) is 2. The van der Waals surface area contributed by atoms with Crippen molar-refractivity contribution >= 4 is 62.9 Å². The molecule has 8 heteroatoms. The van der Waals surface area contributed by atoms with Crippen molar-refractivity contribution in [3.8, 4) is 0 Å². The Hall–Kier alpha value is -0.430. The van der Waals surface area contributed by atoms with Crippen LogP contribution in [0.4, 0.5) is 5.13 Å². The van der Waals surface area contributed by atoms with Gasteiger partial charge in [0.1, 0.15) is 4.33 Å². The van der Waals surface area contributed by atoms with Crippen molar-refractivity contribution in [3.05, 3.63) is 10.6 Å². The molecule has 0 aromatic carbocycles. The molecule has 0 radical (unpaired) electrons. The summed E-state index contributed by atoms with van der Waals surface area (Å²) in [6, 6.07) is 0. The SMILES string of the molecule is C[C@]1(C(=O)NC(=S)Nc2nc3c(s2)CCCC3)CC1(Cl)Cl. The van der Waals surface area contributed by atoms with E-state index in [0.717, 1.165) is 23.7 Å². The number of thiocarbonyl (C=S) groups is 1. The van der Waals surface area contributed by atoms with Gasteiger partial charge in [-0.05, 0) is 51.2 Å². The van der Waals surface area contributed by atoms with E-state index < -0.39 is 9.75 Å². The van der Waals surface area contributed by atoms with Gasteiger partial charge in [0.25, 0.3) is 0 Å². The smallest absolute Gasteiger partial charge is 0.235 e. The second-order valence-electron chi connectivity index (χ2n) is 5.72. The molecule has 4 nitrogen and oxygen atoms in total. The van der Waals surface area contributed by atoms with Gasteiger partial charge in [0.2, 0.25) is 5.91 Å². The summed E-state index contributed by atoms with van der Waals surface area (Å²) >= 11 is 18.7. The van der Waals surface area contributed by atoms with Crippen LogP contribution in [-0.4, -0.2) is 20.3 Å². The Kier molecular flexibility index (Phi) is 3.93. The minimum Gasteiger partial charge on any atom is -0.308 e. The Bertz CT molecular complexity index is 593. The minimum absolute atomic E-state index is 0.239. The first-order valence-corrected chi connectivity index (χ1v) is 8.79. The van der Waals surface area contributed by atoms with E-state index in [9.17, 15) is 4.79 Å². The number of nitrogens with zero attached hydrogens (tertiary/aromatic N) is 1. The fourth-order valence-electron chi connectivity index (χ4n) is 2.42. The normalized spacial score (nSPS) is 25.9. The number of aromatic nitrogens is 1. The number of carbonyl (C=O) groups is 1. The molecule has 0 saturated heterocycles. The lowest BCUT2D eigenvalue weighted by molar-refractivity contribution is -0.124. The van der Waals surface area contributed by atoms with Crippen LogP contribution in [0, 0.1) is 5.41 Å². The second-order valence-corrected chi connectivity index (χ2v) is 8.69. The van der Waals surface area contributed by atoms with Crippen molar-refractivity contribution in [1.29, 1.82) is 0 Å². The van der Waals surface area contributed by atoms with Crippen LogP contribution >= 0.6 is 46.8 Å². The average molecular weight is 364 g/mol. The summed E-state index contributed by atoms with van der Waals surface area (Å²) in [6.07, 6.45) is 4.92. The molecule has 1 aromatic rings. The molecule has 1 atom stereocenters. The van der Waals surface area contributed by atoms with Crippen LogP contribution in [-0.2, 0) is 17.6 Å². The zero-order valence-electron chi connectivity index (χ0n) is 11.5. The molecule has 1 amide bonds. The highest BCUT2D eigenvalue weighted by Crippen LogP contribution is 2.63. The Labute approximate surface area is 142 Å². The maximum Gasteiger partial charge on any atom is 0.235 e. The minimum atomic E-state index is -0.993. The molecule has 1 aromatic heterocycles. The van der Waals surface area contributed by atoms with E-state index in [0.29, 0.717) is 6.42 Å². The number of amides is 1. The molecule has 2 N–H and O–H groups in total. The van der Waals surface area contributed by atoms with Crippen LogP contribution in [0.25, 0.3) is 0 Å². The maximum absolute atomic E-state index is 12.1. The molecule has 0 spiro atoms. The molecular weight excluding hydrogens is 349 g/mol. The number of thiazole rings is 1. The van der Waals surface area contributed by atoms with E-state index in [4.69, 9.17) is 35.4 Å². The molecular formula is C13H15Cl2N3OS2. The van der Waals surface area contributed by atoms with Crippen LogP contribution in [0.1, 0.15) is 36.8 Å². The van der Waals surface area contributed by atoms with E-state index in [2.05, 4.69) is 15.6 Å². The molecule has 3 rings (SSSR count). The number of anilines is 1. The van der Waals surface area contributed by atoms with Gasteiger partial charge in [-0.2, -0.15) is 0 Å². The Morgan fingerprint density at radius 2 is 2.05 bits per heavy atom. The Balaban J connectivity index is 1.60. The fraction of sp³-hybridized carbons (Fsp3) is 0.615.